The SMILES string of the molecule is CC(C)CC[C@](O)(Cc1cc(OC2CCCCC2)ccn1)C(=O)O. The number of pyridine rings is 1. The van der Waals surface area contributed by atoms with Crippen LogP contribution in [0.15, 0.2) is 18.3 Å². The van der Waals surface area contributed by atoms with Crippen molar-refractivity contribution in [2.45, 2.75) is 76.9 Å². The average molecular weight is 335 g/mol. The molecule has 0 radical (unpaired) electrons. The Labute approximate surface area is 144 Å². The number of aliphatic hydroxyl groups is 1. The molecule has 2 rings (SSSR count). The topological polar surface area (TPSA) is 79.7 Å². The Hall–Kier alpha value is -1.62. The normalized spacial score (nSPS) is 18.3. The van der Waals surface area contributed by atoms with E-state index in [0.717, 1.165) is 12.8 Å². The molecule has 2 N–H and O–H groups in total. The van der Waals surface area contributed by atoms with Crippen molar-refractivity contribution in [3.8, 4) is 5.75 Å². The molecular weight excluding hydrogens is 306 g/mol. The van der Waals surface area contributed by atoms with E-state index >= 15 is 0 Å². The van der Waals surface area contributed by atoms with Crippen molar-refractivity contribution in [1.29, 1.82) is 0 Å². The molecule has 0 aliphatic heterocycles. The van der Waals surface area contributed by atoms with E-state index in [2.05, 4.69) is 4.98 Å². The molecular formula is C19H29NO4. The van der Waals surface area contributed by atoms with E-state index in [1.54, 1.807) is 18.3 Å². The Balaban J connectivity index is 2.04. The summed E-state index contributed by atoms with van der Waals surface area (Å²) >= 11 is 0. The van der Waals surface area contributed by atoms with Gasteiger partial charge in [0.15, 0.2) is 5.60 Å². The van der Waals surface area contributed by atoms with E-state index in [4.69, 9.17) is 4.74 Å². The van der Waals surface area contributed by atoms with Crippen LogP contribution < -0.4 is 4.74 Å². The summed E-state index contributed by atoms with van der Waals surface area (Å²) in [4.78, 5) is 15.8. The number of rotatable bonds is 8. The number of carbonyl (C=O) groups is 1. The van der Waals surface area contributed by atoms with Gasteiger partial charge in [0.25, 0.3) is 0 Å². The summed E-state index contributed by atoms with van der Waals surface area (Å²) in [6.07, 6.45) is 8.49. The highest BCUT2D eigenvalue weighted by Crippen LogP contribution is 2.26. The highest BCUT2D eigenvalue weighted by Gasteiger charge is 2.36. The van der Waals surface area contributed by atoms with Gasteiger partial charge in [-0.2, -0.15) is 0 Å². The Morgan fingerprint density at radius 2 is 2.08 bits per heavy atom. The van der Waals surface area contributed by atoms with Gasteiger partial charge in [0.2, 0.25) is 0 Å². The molecule has 0 unspecified atom stereocenters. The van der Waals surface area contributed by atoms with Gasteiger partial charge in [0.05, 0.1) is 6.10 Å². The first kappa shape index (κ1) is 18.7. The van der Waals surface area contributed by atoms with Crippen LogP contribution in [-0.4, -0.2) is 32.9 Å². The molecule has 0 bridgehead atoms. The maximum Gasteiger partial charge on any atom is 0.336 e. The molecule has 1 aliphatic carbocycles. The van der Waals surface area contributed by atoms with Crippen LogP contribution in [0.5, 0.6) is 5.75 Å². The molecule has 1 aromatic heterocycles. The van der Waals surface area contributed by atoms with E-state index < -0.39 is 11.6 Å². The molecule has 1 fully saturated rings. The number of hydrogen-bond acceptors (Lipinski definition) is 4. The maximum absolute atomic E-state index is 11.5. The van der Waals surface area contributed by atoms with Crippen LogP contribution in [0, 0.1) is 5.92 Å². The molecule has 5 heteroatoms. The van der Waals surface area contributed by atoms with Crippen molar-refractivity contribution < 1.29 is 19.7 Å². The molecule has 5 nitrogen and oxygen atoms in total. The number of hydrogen-bond donors (Lipinski definition) is 2. The standard InChI is InChI=1S/C19H29NO4/c1-14(2)8-10-19(23,18(21)22)13-15-12-17(9-11-20-15)24-16-6-4-3-5-7-16/h9,11-12,14,16,23H,3-8,10,13H2,1-2H3,(H,21,22)/t19-/m0/s1. The van der Waals surface area contributed by atoms with Crippen LogP contribution in [0.25, 0.3) is 0 Å². The lowest BCUT2D eigenvalue weighted by Crippen LogP contribution is -2.41. The molecule has 134 valence electrons. The monoisotopic (exact) mass is 335 g/mol. The zero-order valence-corrected chi connectivity index (χ0v) is 14.7. The molecule has 0 aromatic carbocycles. The zero-order valence-electron chi connectivity index (χ0n) is 14.7. The molecule has 1 aromatic rings. The van der Waals surface area contributed by atoms with Crippen molar-refractivity contribution in [2.75, 3.05) is 0 Å². The number of nitrogens with zero attached hydrogens (tertiary/aromatic N) is 1. The van der Waals surface area contributed by atoms with E-state index in [-0.39, 0.29) is 18.9 Å². The summed E-state index contributed by atoms with van der Waals surface area (Å²) in [5.74, 6) is -0.142. The number of ether oxygens (including phenoxy) is 1. The van der Waals surface area contributed by atoms with Crippen LogP contribution in [0.4, 0.5) is 0 Å². The molecule has 1 heterocycles. The van der Waals surface area contributed by atoms with Crippen molar-refractivity contribution in [2.24, 2.45) is 5.92 Å². The van der Waals surface area contributed by atoms with Crippen LogP contribution in [0.3, 0.4) is 0 Å². The van der Waals surface area contributed by atoms with Gasteiger partial charge in [-0.05, 0) is 50.5 Å². The lowest BCUT2D eigenvalue weighted by Gasteiger charge is -2.25. The van der Waals surface area contributed by atoms with E-state index in [1.165, 1.54) is 19.3 Å². The predicted octanol–water partition coefficient (Wildman–Crippen LogP) is 3.59. The molecule has 1 atom stereocenters. The summed E-state index contributed by atoms with van der Waals surface area (Å²) in [6.45, 7) is 4.03. The third-order valence-corrected chi connectivity index (χ3v) is 4.65. The summed E-state index contributed by atoms with van der Waals surface area (Å²) < 4.78 is 6.00. The van der Waals surface area contributed by atoms with Crippen molar-refractivity contribution in [1.82, 2.24) is 4.98 Å². The molecule has 0 spiro atoms. The third kappa shape index (κ3) is 5.48. The number of carboxylic acids is 1. The second-order valence-electron chi connectivity index (χ2n) is 7.31. The summed E-state index contributed by atoms with van der Waals surface area (Å²) in [5.41, 5.74) is -1.22. The maximum atomic E-state index is 11.5. The van der Waals surface area contributed by atoms with Gasteiger partial charge < -0.3 is 14.9 Å². The summed E-state index contributed by atoms with van der Waals surface area (Å²) in [6, 6.07) is 3.56. The van der Waals surface area contributed by atoms with Gasteiger partial charge in [-0.3, -0.25) is 4.98 Å². The van der Waals surface area contributed by atoms with Crippen molar-refractivity contribution >= 4 is 5.97 Å². The zero-order chi connectivity index (χ0) is 17.6. The predicted molar refractivity (Wildman–Crippen MR) is 92.1 cm³/mol. The lowest BCUT2D eigenvalue weighted by atomic mass is 9.89. The van der Waals surface area contributed by atoms with Crippen LogP contribution >= 0.6 is 0 Å². The second kappa shape index (κ2) is 8.47. The molecule has 24 heavy (non-hydrogen) atoms. The Morgan fingerprint density at radius 3 is 2.71 bits per heavy atom. The Bertz CT molecular complexity index is 540. The summed E-state index contributed by atoms with van der Waals surface area (Å²) in [7, 11) is 0. The fraction of sp³-hybridized carbons (Fsp3) is 0.684. The van der Waals surface area contributed by atoms with Crippen molar-refractivity contribution in [3.63, 3.8) is 0 Å². The molecule has 1 aliphatic rings. The average Bonchev–Trinajstić information content (AvgIpc) is 2.54. The fourth-order valence-corrected chi connectivity index (χ4v) is 3.10. The number of carboxylic acid groups (broad SMARTS) is 1. The fourth-order valence-electron chi connectivity index (χ4n) is 3.10. The lowest BCUT2D eigenvalue weighted by molar-refractivity contribution is -0.159. The third-order valence-electron chi connectivity index (χ3n) is 4.65. The highest BCUT2D eigenvalue weighted by molar-refractivity contribution is 5.77. The Morgan fingerprint density at radius 1 is 1.38 bits per heavy atom. The first-order valence-electron chi connectivity index (χ1n) is 8.96. The van der Waals surface area contributed by atoms with Gasteiger partial charge in [-0.1, -0.05) is 20.3 Å². The van der Waals surface area contributed by atoms with E-state index in [1.807, 2.05) is 13.8 Å². The number of aromatic nitrogens is 1. The van der Waals surface area contributed by atoms with Gasteiger partial charge in [-0.15, -0.1) is 0 Å². The van der Waals surface area contributed by atoms with Crippen LogP contribution in [-0.2, 0) is 11.2 Å². The highest BCUT2D eigenvalue weighted by atomic mass is 16.5. The minimum absolute atomic E-state index is 0.00306. The van der Waals surface area contributed by atoms with E-state index in [9.17, 15) is 15.0 Å². The quantitative estimate of drug-likeness (QED) is 0.759. The minimum atomic E-state index is -1.78. The Kier molecular flexibility index (Phi) is 6.60. The largest absolute Gasteiger partial charge is 0.490 e. The molecule has 0 amide bonds. The minimum Gasteiger partial charge on any atom is -0.490 e. The smallest absolute Gasteiger partial charge is 0.336 e. The molecule has 1 saturated carbocycles. The summed E-state index contributed by atoms with van der Waals surface area (Å²) in [5, 5.41) is 20.0. The van der Waals surface area contributed by atoms with Gasteiger partial charge in [0, 0.05) is 24.4 Å². The first-order valence-corrected chi connectivity index (χ1v) is 8.96. The van der Waals surface area contributed by atoms with Crippen molar-refractivity contribution in [3.05, 3.63) is 24.0 Å². The first-order chi connectivity index (χ1) is 11.4. The van der Waals surface area contributed by atoms with Gasteiger partial charge in [0.1, 0.15) is 5.75 Å². The molecule has 0 saturated heterocycles. The van der Waals surface area contributed by atoms with Gasteiger partial charge >= 0.3 is 5.97 Å². The second-order valence-corrected chi connectivity index (χ2v) is 7.31. The van der Waals surface area contributed by atoms with Gasteiger partial charge in [-0.25, -0.2) is 4.79 Å². The number of aliphatic carboxylic acids is 1. The van der Waals surface area contributed by atoms with E-state index in [0.29, 0.717) is 23.8 Å². The van der Waals surface area contributed by atoms with Crippen LogP contribution in [0.1, 0.15) is 64.5 Å². The van der Waals surface area contributed by atoms with Crippen LogP contribution in [0.2, 0.25) is 0 Å².